The Morgan fingerprint density at radius 2 is 1.62 bits per heavy atom. The van der Waals surface area contributed by atoms with Crippen molar-refractivity contribution in [1.82, 2.24) is 0 Å². The molecule has 0 heterocycles. The van der Waals surface area contributed by atoms with Gasteiger partial charge in [0.2, 0.25) is 0 Å². The molecule has 2 rings (SSSR count). The van der Waals surface area contributed by atoms with Crippen molar-refractivity contribution in [3.63, 3.8) is 0 Å². The van der Waals surface area contributed by atoms with Crippen LogP contribution < -0.4 is 0 Å². The van der Waals surface area contributed by atoms with Gasteiger partial charge in [-0.2, -0.15) is 12.8 Å². The van der Waals surface area contributed by atoms with Crippen LogP contribution in [0.5, 0.6) is 0 Å². The van der Waals surface area contributed by atoms with E-state index in [4.69, 9.17) is 0 Å². The van der Waals surface area contributed by atoms with Crippen LogP contribution in [0.15, 0.2) is 70.0 Å². The van der Waals surface area contributed by atoms with Gasteiger partial charge in [-0.25, -0.2) is 0 Å². The monoisotopic (exact) mass is 299 g/mol. The van der Waals surface area contributed by atoms with Gasteiger partial charge < -0.3 is 0 Å². The predicted octanol–water partition coefficient (Wildman–Crippen LogP) is 3.86. The number of benzene rings is 2. The van der Waals surface area contributed by atoms with Crippen molar-refractivity contribution in [2.75, 3.05) is 0 Å². The summed E-state index contributed by atoms with van der Waals surface area (Å²) in [5.74, 6) is 0. The van der Waals surface area contributed by atoms with Gasteiger partial charge in [0.25, 0.3) is 10.0 Å². The molecular weight excluding hydrogens is 282 g/mol. The number of nitrogens with zero attached hydrogens (tertiary/aromatic N) is 1. The summed E-state index contributed by atoms with van der Waals surface area (Å²) in [7, 11) is -3.63. The lowest BCUT2D eigenvalue weighted by molar-refractivity contribution is 0.598. The maximum absolute atomic E-state index is 12.0. The molecule has 0 atom stereocenters. The van der Waals surface area contributed by atoms with Crippen molar-refractivity contribution in [3.8, 4) is 0 Å². The highest BCUT2D eigenvalue weighted by Crippen LogP contribution is 2.14. The Hall–Kier alpha value is -2.20. The summed E-state index contributed by atoms with van der Waals surface area (Å²) >= 11 is 0. The third kappa shape index (κ3) is 4.13. The molecule has 0 saturated carbocycles. The normalized spacial score (nSPS) is 12.8. The SMILES string of the molecule is CC(=CC=NS(=O)(=O)c1ccc(C)cc1)c1ccccc1. The van der Waals surface area contributed by atoms with Crippen molar-refractivity contribution in [1.29, 1.82) is 0 Å². The zero-order chi connectivity index (χ0) is 15.3. The first-order chi connectivity index (χ1) is 9.99. The summed E-state index contributed by atoms with van der Waals surface area (Å²) in [4.78, 5) is 0.204. The highest BCUT2D eigenvalue weighted by molar-refractivity contribution is 7.90. The fraction of sp³-hybridized carbons (Fsp3) is 0.118. The van der Waals surface area contributed by atoms with E-state index in [9.17, 15) is 8.42 Å². The minimum Gasteiger partial charge on any atom is -0.199 e. The molecule has 0 amide bonds. The zero-order valence-electron chi connectivity index (χ0n) is 12.0. The second-order valence-electron chi connectivity index (χ2n) is 4.76. The molecule has 0 aliphatic rings. The Morgan fingerprint density at radius 3 is 2.24 bits per heavy atom. The predicted molar refractivity (Wildman–Crippen MR) is 86.9 cm³/mol. The molecule has 2 aromatic carbocycles. The van der Waals surface area contributed by atoms with Crippen LogP contribution in [0.2, 0.25) is 0 Å². The summed E-state index contributed by atoms with van der Waals surface area (Å²) in [5.41, 5.74) is 3.01. The average Bonchev–Trinajstić information content (AvgIpc) is 2.48. The van der Waals surface area contributed by atoms with E-state index in [1.807, 2.05) is 44.2 Å². The number of hydrogen-bond donors (Lipinski definition) is 0. The van der Waals surface area contributed by atoms with E-state index in [2.05, 4.69) is 4.40 Å². The van der Waals surface area contributed by atoms with E-state index in [0.29, 0.717) is 0 Å². The number of aryl methyl sites for hydroxylation is 1. The van der Waals surface area contributed by atoms with Crippen molar-refractivity contribution in [2.24, 2.45) is 4.40 Å². The lowest BCUT2D eigenvalue weighted by Gasteiger charge is -2.00. The number of sulfonamides is 1. The fourth-order valence-electron chi connectivity index (χ4n) is 1.79. The van der Waals surface area contributed by atoms with E-state index in [1.165, 1.54) is 6.21 Å². The Balaban J connectivity index is 2.19. The van der Waals surface area contributed by atoms with Gasteiger partial charge in [-0.15, -0.1) is 0 Å². The Morgan fingerprint density at radius 1 is 1.00 bits per heavy atom. The molecule has 108 valence electrons. The smallest absolute Gasteiger partial charge is 0.199 e. The minimum absolute atomic E-state index is 0.204. The third-order valence-corrected chi connectivity index (χ3v) is 4.34. The first kappa shape index (κ1) is 15.2. The summed E-state index contributed by atoms with van der Waals surface area (Å²) in [6.07, 6.45) is 3.03. The van der Waals surface area contributed by atoms with Crippen LogP contribution in [0, 0.1) is 6.92 Å². The van der Waals surface area contributed by atoms with Crippen LogP contribution >= 0.6 is 0 Å². The Kier molecular flexibility index (Phi) is 4.70. The van der Waals surface area contributed by atoms with Crippen LogP contribution in [0.3, 0.4) is 0 Å². The molecule has 0 fully saturated rings. The quantitative estimate of drug-likeness (QED) is 0.805. The molecule has 4 heteroatoms. The van der Waals surface area contributed by atoms with Crippen LogP contribution in [-0.2, 0) is 10.0 Å². The van der Waals surface area contributed by atoms with Crippen LogP contribution in [-0.4, -0.2) is 14.6 Å². The maximum Gasteiger partial charge on any atom is 0.282 e. The molecule has 0 aliphatic heterocycles. The summed E-state index contributed by atoms with van der Waals surface area (Å²) in [5, 5.41) is 0. The van der Waals surface area contributed by atoms with Gasteiger partial charge in [0.1, 0.15) is 0 Å². The molecule has 0 unspecified atom stereocenters. The van der Waals surface area contributed by atoms with E-state index in [1.54, 1.807) is 30.3 Å². The van der Waals surface area contributed by atoms with Gasteiger partial charge >= 0.3 is 0 Å². The molecular formula is C17H17NO2S. The summed E-state index contributed by atoms with van der Waals surface area (Å²) in [6, 6.07) is 16.4. The van der Waals surface area contributed by atoms with Gasteiger partial charge in [0.05, 0.1) is 4.90 Å². The molecule has 0 saturated heterocycles. The lowest BCUT2D eigenvalue weighted by atomic mass is 10.1. The van der Waals surface area contributed by atoms with Gasteiger partial charge in [0, 0.05) is 6.21 Å². The van der Waals surface area contributed by atoms with E-state index >= 15 is 0 Å². The van der Waals surface area contributed by atoms with E-state index < -0.39 is 10.0 Å². The molecule has 2 aromatic rings. The largest absolute Gasteiger partial charge is 0.282 e. The second-order valence-corrected chi connectivity index (χ2v) is 6.39. The Labute approximate surface area is 125 Å². The van der Waals surface area contributed by atoms with Crippen molar-refractivity contribution in [2.45, 2.75) is 18.7 Å². The molecule has 0 bridgehead atoms. The number of allylic oxidation sites excluding steroid dienone is 2. The van der Waals surface area contributed by atoms with Crippen LogP contribution in [0.25, 0.3) is 5.57 Å². The maximum atomic E-state index is 12.0. The van der Waals surface area contributed by atoms with Crippen LogP contribution in [0.1, 0.15) is 18.1 Å². The number of rotatable bonds is 4. The molecule has 0 aromatic heterocycles. The van der Waals surface area contributed by atoms with Gasteiger partial charge in [0.15, 0.2) is 0 Å². The van der Waals surface area contributed by atoms with E-state index in [-0.39, 0.29) is 4.90 Å². The third-order valence-electron chi connectivity index (χ3n) is 3.07. The van der Waals surface area contributed by atoms with Gasteiger partial charge in [-0.3, -0.25) is 0 Å². The van der Waals surface area contributed by atoms with Gasteiger partial charge in [-0.1, -0.05) is 48.0 Å². The molecule has 0 N–H and O–H groups in total. The molecule has 0 spiro atoms. The second kappa shape index (κ2) is 6.50. The fourth-order valence-corrected chi connectivity index (χ4v) is 2.61. The highest BCUT2D eigenvalue weighted by atomic mass is 32.2. The minimum atomic E-state index is -3.63. The average molecular weight is 299 g/mol. The van der Waals surface area contributed by atoms with Crippen LogP contribution in [0.4, 0.5) is 0 Å². The van der Waals surface area contributed by atoms with Crippen molar-refractivity contribution < 1.29 is 8.42 Å². The zero-order valence-corrected chi connectivity index (χ0v) is 12.8. The molecule has 3 nitrogen and oxygen atoms in total. The Bertz CT molecular complexity index is 758. The van der Waals surface area contributed by atoms with Crippen molar-refractivity contribution in [3.05, 3.63) is 71.8 Å². The molecule has 21 heavy (non-hydrogen) atoms. The number of hydrogen-bond acceptors (Lipinski definition) is 2. The highest BCUT2D eigenvalue weighted by Gasteiger charge is 2.10. The molecule has 0 radical (unpaired) electrons. The summed E-state index contributed by atoms with van der Waals surface area (Å²) in [6.45, 7) is 3.82. The first-order valence-electron chi connectivity index (χ1n) is 6.58. The standard InChI is InChI=1S/C17H17NO2S/c1-14-8-10-17(11-9-14)21(19,20)18-13-12-15(2)16-6-4-3-5-7-16/h3-13H,1-2H3. The van der Waals surface area contributed by atoms with Gasteiger partial charge in [-0.05, 0) is 43.2 Å². The molecule has 0 aliphatic carbocycles. The van der Waals surface area contributed by atoms with E-state index in [0.717, 1.165) is 16.7 Å². The summed E-state index contributed by atoms with van der Waals surface area (Å²) < 4.78 is 27.8. The first-order valence-corrected chi connectivity index (χ1v) is 8.02. The van der Waals surface area contributed by atoms with Crippen molar-refractivity contribution >= 4 is 21.8 Å². The lowest BCUT2D eigenvalue weighted by Crippen LogP contribution is -1.96. The topological polar surface area (TPSA) is 46.5 Å².